The highest BCUT2D eigenvalue weighted by molar-refractivity contribution is 9.11. The quantitative estimate of drug-likeness (QED) is 0.455. The van der Waals surface area contributed by atoms with E-state index in [0.29, 0.717) is 28.3 Å². The topological polar surface area (TPSA) is 9.23 Å². The molecule has 0 aliphatic carbocycles. The molecule has 1 nitrogen and oxygen atoms in total. The first-order valence-corrected chi connectivity index (χ1v) is 8.49. The summed E-state index contributed by atoms with van der Waals surface area (Å²) in [4.78, 5) is 0. The van der Waals surface area contributed by atoms with Crippen LogP contribution in [0.3, 0.4) is 0 Å². The molecule has 0 aliphatic heterocycles. The Morgan fingerprint density at radius 3 is 2.25 bits per heavy atom. The molecular formula is C14H9Br2Cl3O. The Morgan fingerprint density at radius 2 is 1.65 bits per heavy atom. The van der Waals surface area contributed by atoms with E-state index in [1.165, 1.54) is 0 Å². The molecule has 106 valence electrons. The van der Waals surface area contributed by atoms with Crippen molar-refractivity contribution in [3.8, 4) is 5.75 Å². The van der Waals surface area contributed by atoms with Crippen LogP contribution in [0.25, 0.3) is 0 Å². The Bertz CT molecular complexity index is 609. The van der Waals surface area contributed by atoms with Crippen LogP contribution < -0.4 is 4.74 Å². The average molecular weight is 459 g/mol. The molecule has 0 atom stereocenters. The van der Waals surface area contributed by atoms with Crippen molar-refractivity contribution in [1.82, 2.24) is 0 Å². The molecule has 2 aromatic rings. The summed E-state index contributed by atoms with van der Waals surface area (Å²) in [5.41, 5.74) is 1.83. The second-order valence-corrected chi connectivity index (χ2v) is 6.87. The molecule has 0 amide bonds. The Balaban J connectivity index is 2.21. The van der Waals surface area contributed by atoms with Gasteiger partial charge in [0.25, 0.3) is 0 Å². The SMILES string of the molecule is ClCc1cc(Br)c(OCc2cc(Cl)ccc2Cl)c(Br)c1. The van der Waals surface area contributed by atoms with E-state index in [1.807, 2.05) is 12.1 Å². The van der Waals surface area contributed by atoms with E-state index in [2.05, 4.69) is 31.9 Å². The van der Waals surface area contributed by atoms with Gasteiger partial charge in [0.1, 0.15) is 12.4 Å². The Hall–Kier alpha value is 0.0700. The molecule has 0 aromatic heterocycles. The lowest BCUT2D eigenvalue weighted by molar-refractivity contribution is 0.302. The van der Waals surface area contributed by atoms with E-state index in [-0.39, 0.29) is 0 Å². The van der Waals surface area contributed by atoms with Crippen LogP contribution in [0.2, 0.25) is 10.0 Å². The van der Waals surface area contributed by atoms with Crippen molar-refractivity contribution >= 4 is 66.7 Å². The summed E-state index contributed by atoms with van der Waals surface area (Å²) >= 11 is 24.8. The number of hydrogen-bond acceptors (Lipinski definition) is 1. The molecule has 20 heavy (non-hydrogen) atoms. The highest BCUT2D eigenvalue weighted by Crippen LogP contribution is 2.36. The second kappa shape index (κ2) is 7.37. The largest absolute Gasteiger partial charge is 0.486 e. The highest BCUT2D eigenvalue weighted by Gasteiger charge is 2.10. The van der Waals surface area contributed by atoms with Crippen LogP contribution in [-0.4, -0.2) is 0 Å². The van der Waals surface area contributed by atoms with Crippen LogP contribution in [0.15, 0.2) is 39.3 Å². The zero-order valence-electron chi connectivity index (χ0n) is 10.1. The maximum Gasteiger partial charge on any atom is 0.148 e. The summed E-state index contributed by atoms with van der Waals surface area (Å²) < 4.78 is 7.48. The van der Waals surface area contributed by atoms with E-state index in [4.69, 9.17) is 39.5 Å². The lowest BCUT2D eigenvalue weighted by Crippen LogP contribution is -1.98. The zero-order valence-corrected chi connectivity index (χ0v) is 15.5. The van der Waals surface area contributed by atoms with Gasteiger partial charge in [0.2, 0.25) is 0 Å². The summed E-state index contributed by atoms with van der Waals surface area (Å²) in [5.74, 6) is 1.15. The second-order valence-electron chi connectivity index (χ2n) is 4.05. The highest BCUT2D eigenvalue weighted by atomic mass is 79.9. The van der Waals surface area contributed by atoms with Crippen LogP contribution in [0, 0.1) is 0 Å². The third-order valence-electron chi connectivity index (χ3n) is 2.59. The van der Waals surface area contributed by atoms with Crippen molar-refractivity contribution in [3.05, 3.63) is 60.4 Å². The third kappa shape index (κ3) is 4.05. The lowest BCUT2D eigenvalue weighted by Gasteiger charge is -2.12. The zero-order chi connectivity index (χ0) is 14.7. The van der Waals surface area contributed by atoms with Crippen molar-refractivity contribution < 1.29 is 4.74 Å². The van der Waals surface area contributed by atoms with Crippen LogP contribution in [0.5, 0.6) is 5.75 Å². The van der Waals surface area contributed by atoms with E-state index < -0.39 is 0 Å². The van der Waals surface area contributed by atoms with E-state index >= 15 is 0 Å². The summed E-state index contributed by atoms with van der Waals surface area (Å²) in [5, 5.41) is 1.25. The molecule has 2 aromatic carbocycles. The van der Waals surface area contributed by atoms with Gasteiger partial charge in [-0.3, -0.25) is 0 Å². The lowest BCUT2D eigenvalue weighted by atomic mass is 10.2. The van der Waals surface area contributed by atoms with E-state index in [9.17, 15) is 0 Å². The van der Waals surface area contributed by atoms with Crippen LogP contribution in [0.4, 0.5) is 0 Å². The van der Waals surface area contributed by atoms with Crippen molar-refractivity contribution in [2.24, 2.45) is 0 Å². The molecule has 0 N–H and O–H groups in total. The van der Waals surface area contributed by atoms with E-state index in [1.54, 1.807) is 18.2 Å². The molecule has 0 radical (unpaired) electrons. The minimum absolute atomic E-state index is 0.330. The molecule has 0 heterocycles. The van der Waals surface area contributed by atoms with Crippen LogP contribution >= 0.6 is 66.7 Å². The van der Waals surface area contributed by atoms with Gasteiger partial charge in [0, 0.05) is 21.5 Å². The van der Waals surface area contributed by atoms with Gasteiger partial charge in [-0.25, -0.2) is 0 Å². The van der Waals surface area contributed by atoms with Gasteiger partial charge in [-0.2, -0.15) is 0 Å². The maximum atomic E-state index is 6.11. The summed E-state index contributed by atoms with van der Waals surface area (Å²) in [6.45, 7) is 0.330. The van der Waals surface area contributed by atoms with Crippen LogP contribution in [-0.2, 0) is 12.5 Å². The van der Waals surface area contributed by atoms with Gasteiger partial charge in [-0.05, 0) is 67.8 Å². The molecule has 0 aliphatic rings. The van der Waals surface area contributed by atoms with Crippen molar-refractivity contribution in [1.29, 1.82) is 0 Å². The number of rotatable bonds is 4. The first kappa shape index (κ1) is 16.4. The molecular weight excluding hydrogens is 450 g/mol. The fraction of sp³-hybridized carbons (Fsp3) is 0.143. The molecule has 0 saturated carbocycles. The first-order chi connectivity index (χ1) is 9.51. The fourth-order valence-corrected chi connectivity index (χ4v) is 3.66. The molecule has 0 spiro atoms. The summed E-state index contributed by atoms with van der Waals surface area (Å²) in [6, 6.07) is 9.13. The molecule has 0 unspecified atom stereocenters. The molecule has 0 bridgehead atoms. The van der Waals surface area contributed by atoms with Crippen molar-refractivity contribution in [3.63, 3.8) is 0 Å². The molecule has 0 fully saturated rings. The number of benzene rings is 2. The first-order valence-electron chi connectivity index (χ1n) is 5.62. The van der Waals surface area contributed by atoms with Gasteiger partial charge in [-0.15, -0.1) is 11.6 Å². The monoisotopic (exact) mass is 456 g/mol. The summed E-state index contributed by atoms with van der Waals surface area (Å²) in [6.07, 6.45) is 0. The fourth-order valence-electron chi connectivity index (χ4n) is 1.63. The van der Waals surface area contributed by atoms with Gasteiger partial charge in [-0.1, -0.05) is 23.2 Å². The van der Waals surface area contributed by atoms with Gasteiger partial charge < -0.3 is 4.74 Å². The van der Waals surface area contributed by atoms with Crippen LogP contribution in [0.1, 0.15) is 11.1 Å². The normalized spacial score (nSPS) is 10.7. The maximum absolute atomic E-state index is 6.11. The van der Waals surface area contributed by atoms with E-state index in [0.717, 1.165) is 20.1 Å². The number of ether oxygens (including phenoxy) is 1. The standard InChI is InChI=1S/C14H9Br2Cl3O/c15-11-3-8(6-17)4-12(16)14(11)20-7-9-5-10(18)1-2-13(9)19/h1-5H,6-7H2. The van der Waals surface area contributed by atoms with Crippen molar-refractivity contribution in [2.45, 2.75) is 12.5 Å². The Morgan fingerprint density at radius 1 is 1.00 bits per heavy atom. The minimum atomic E-state index is 0.330. The summed E-state index contributed by atoms with van der Waals surface area (Å²) in [7, 11) is 0. The third-order valence-corrected chi connectivity index (χ3v) is 4.68. The van der Waals surface area contributed by atoms with Gasteiger partial charge in [0.15, 0.2) is 0 Å². The number of alkyl halides is 1. The predicted octanol–water partition coefficient (Wildman–Crippen LogP) is 6.84. The predicted molar refractivity (Wildman–Crippen MR) is 92.2 cm³/mol. The number of hydrogen-bond donors (Lipinski definition) is 0. The molecule has 0 saturated heterocycles. The molecule has 6 heteroatoms. The van der Waals surface area contributed by atoms with Gasteiger partial charge in [0.05, 0.1) is 8.95 Å². The van der Waals surface area contributed by atoms with Crippen molar-refractivity contribution in [2.75, 3.05) is 0 Å². The average Bonchev–Trinajstić information content (AvgIpc) is 2.41. The smallest absolute Gasteiger partial charge is 0.148 e. The Labute approximate surface area is 149 Å². The molecule has 2 rings (SSSR count). The van der Waals surface area contributed by atoms with Gasteiger partial charge >= 0.3 is 0 Å². The number of halogens is 5. The minimum Gasteiger partial charge on any atom is -0.486 e. The Kier molecular flexibility index (Phi) is 6.06.